The lowest BCUT2D eigenvalue weighted by Gasteiger charge is -2.07. The second kappa shape index (κ2) is 6.67. The molecule has 0 aliphatic rings. The van der Waals surface area contributed by atoms with Crippen LogP contribution in [0.3, 0.4) is 0 Å². The molecule has 0 fully saturated rings. The number of rotatable bonds is 5. The Hall–Kier alpha value is -1.67. The van der Waals surface area contributed by atoms with E-state index in [-0.39, 0.29) is 18.0 Å². The summed E-state index contributed by atoms with van der Waals surface area (Å²) in [5.41, 5.74) is 0.924. The van der Waals surface area contributed by atoms with Gasteiger partial charge in [-0.3, -0.25) is 10.1 Å². The summed E-state index contributed by atoms with van der Waals surface area (Å²) in [6.45, 7) is 0.0861. The van der Waals surface area contributed by atoms with Crippen LogP contribution in [0.15, 0.2) is 42.5 Å². The van der Waals surface area contributed by atoms with Gasteiger partial charge in [-0.2, -0.15) is 0 Å². The largest absolute Gasteiger partial charge is 0.450 e. The molecule has 0 saturated carbocycles. The van der Waals surface area contributed by atoms with Gasteiger partial charge in [0.15, 0.2) is 0 Å². The first-order chi connectivity index (χ1) is 9.60. The summed E-state index contributed by atoms with van der Waals surface area (Å²) in [5.74, 6) is 0.737. The molecule has 0 atom stereocenters. The zero-order chi connectivity index (χ0) is 14.5. The molecule has 0 amide bonds. The van der Waals surface area contributed by atoms with Crippen LogP contribution in [0.4, 0.5) is 5.69 Å². The number of ether oxygens (including phenoxy) is 1. The van der Waals surface area contributed by atoms with Crippen molar-refractivity contribution in [2.75, 3.05) is 6.61 Å². The van der Waals surface area contributed by atoms with E-state index in [1.54, 1.807) is 24.3 Å². The highest BCUT2D eigenvalue weighted by Crippen LogP contribution is 2.32. The van der Waals surface area contributed by atoms with Gasteiger partial charge in [-0.05, 0) is 58.8 Å². The van der Waals surface area contributed by atoms with Gasteiger partial charge in [0.2, 0.25) is 5.75 Å². The predicted octanol–water partition coefficient (Wildman–Crippen LogP) is 3.53. The Kier molecular flexibility index (Phi) is 4.91. The van der Waals surface area contributed by atoms with Crippen LogP contribution in [0.1, 0.15) is 5.56 Å². The molecule has 2 aromatic rings. The van der Waals surface area contributed by atoms with E-state index in [4.69, 9.17) is 9.84 Å². The number of nitro groups is 1. The number of aliphatic hydroxyl groups is 1. The molecule has 0 radical (unpaired) electrons. The summed E-state index contributed by atoms with van der Waals surface area (Å²) < 4.78 is 6.33. The van der Waals surface area contributed by atoms with Crippen molar-refractivity contribution in [3.63, 3.8) is 0 Å². The van der Waals surface area contributed by atoms with Crippen molar-refractivity contribution >= 4 is 28.3 Å². The lowest BCUT2D eigenvalue weighted by molar-refractivity contribution is -0.385. The molecule has 0 spiro atoms. The van der Waals surface area contributed by atoms with Gasteiger partial charge >= 0.3 is 5.69 Å². The summed E-state index contributed by atoms with van der Waals surface area (Å²) >= 11 is 2.02. The van der Waals surface area contributed by atoms with Crippen LogP contribution in [0.2, 0.25) is 0 Å². The first-order valence-electron chi connectivity index (χ1n) is 5.92. The third kappa shape index (κ3) is 3.67. The molecule has 1 N–H and O–H groups in total. The molecule has 0 aromatic heterocycles. The summed E-state index contributed by atoms with van der Waals surface area (Å²) in [6, 6.07) is 11.9. The van der Waals surface area contributed by atoms with E-state index in [0.29, 0.717) is 12.2 Å². The average molecular weight is 385 g/mol. The number of hydrogen-bond donors (Lipinski definition) is 1. The Bertz CT molecular complexity index is 613. The van der Waals surface area contributed by atoms with Gasteiger partial charge in [-0.15, -0.1) is 0 Å². The van der Waals surface area contributed by atoms with Crippen molar-refractivity contribution < 1.29 is 14.8 Å². The van der Waals surface area contributed by atoms with E-state index in [0.717, 1.165) is 9.13 Å². The fraction of sp³-hybridized carbons (Fsp3) is 0.143. The van der Waals surface area contributed by atoms with Crippen LogP contribution in [0, 0.1) is 13.7 Å². The number of halogens is 1. The average Bonchev–Trinajstić information content (AvgIpc) is 2.43. The molecule has 0 aliphatic heterocycles. The van der Waals surface area contributed by atoms with E-state index in [2.05, 4.69) is 0 Å². The SMILES string of the molecule is O=[N+]([O-])c1cc(I)ccc1Oc1ccc(CCO)cc1. The van der Waals surface area contributed by atoms with Crippen LogP contribution < -0.4 is 4.74 Å². The van der Waals surface area contributed by atoms with Gasteiger partial charge in [0.25, 0.3) is 0 Å². The molecular formula is C14H12INO4. The van der Waals surface area contributed by atoms with Crippen molar-refractivity contribution in [1.29, 1.82) is 0 Å². The third-order valence-corrected chi connectivity index (χ3v) is 3.34. The summed E-state index contributed by atoms with van der Waals surface area (Å²) in [6.07, 6.45) is 0.573. The number of hydrogen-bond acceptors (Lipinski definition) is 4. The van der Waals surface area contributed by atoms with Gasteiger partial charge in [0, 0.05) is 16.2 Å². The second-order valence-electron chi connectivity index (χ2n) is 4.09. The Labute approximate surface area is 129 Å². The van der Waals surface area contributed by atoms with Gasteiger partial charge in [0.05, 0.1) is 4.92 Å². The maximum atomic E-state index is 11.0. The minimum absolute atomic E-state index is 0.0589. The predicted molar refractivity (Wildman–Crippen MR) is 83.1 cm³/mol. The first-order valence-corrected chi connectivity index (χ1v) is 6.99. The molecule has 0 heterocycles. The van der Waals surface area contributed by atoms with Crippen molar-refractivity contribution in [2.45, 2.75) is 6.42 Å². The molecule has 20 heavy (non-hydrogen) atoms. The molecule has 0 bridgehead atoms. The molecule has 6 heteroatoms. The maximum Gasteiger partial charge on any atom is 0.312 e. The van der Waals surface area contributed by atoms with Crippen LogP contribution in [0.5, 0.6) is 11.5 Å². The lowest BCUT2D eigenvalue weighted by Crippen LogP contribution is -1.95. The molecular weight excluding hydrogens is 373 g/mol. The molecule has 5 nitrogen and oxygen atoms in total. The van der Waals surface area contributed by atoms with E-state index < -0.39 is 4.92 Å². The topological polar surface area (TPSA) is 72.6 Å². The van der Waals surface area contributed by atoms with E-state index in [9.17, 15) is 10.1 Å². The monoisotopic (exact) mass is 385 g/mol. The first kappa shape index (κ1) is 14.7. The Morgan fingerprint density at radius 3 is 2.50 bits per heavy atom. The normalized spacial score (nSPS) is 10.3. The molecule has 2 rings (SSSR count). The number of aliphatic hydroxyl groups excluding tert-OH is 1. The Morgan fingerprint density at radius 2 is 1.90 bits per heavy atom. The maximum absolute atomic E-state index is 11.0. The zero-order valence-corrected chi connectivity index (χ0v) is 12.6. The minimum atomic E-state index is -0.461. The summed E-state index contributed by atoms with van der Waals surface area (Å²) in [4.78, 5) is 10.5. The number of benzene rings is 2. The highest BCUT2D eigenvalue weighted by Gasteiger charge is 2.16. The van der Waals surface area contributed by atoms with Crippen molar-refractivity contribution in [2.24, 2.45) is 0 Å². The van der Waals surface area contributed by atoms with E-state index >= 15 is 0 Å². The zero-order valence-electron chi connectivity index (χ0n) is 10.5. The van der Waals surface area contributed by atoms with Gasteiger partial charge in [-0.1, -0.05) is 12.1 Å². The fourth-order valence-corrected chi connectivity index (χ4v) is 2.17. The van der Waals surface area contributed by atoms with Crippen LogP contribution >= 0.6 is 22.6 Å². The Balaban J connectivity index is 2.23. The summed E-state index contributed by atoms with van der Waals surface area (Å²) in [7, 11) is 0. The van der Waals surface area contributed by atoms with Crippen molar-refractivity contribution in [1.82, 2.24) is 0 Å². The second-order valence-corrected chi connectivity index (χ2v) is 5.33. The number of nitro benzene ring substituents is 1. The molecule has 0 unspecified atom stereocenters. The molecule has 104 valence electrons. The lowest BCUT2D eigenvalue weighted by atomic mass is 10.1. The van der Waals surface area contributed by atoms with Crippen molar-refractivity contribution in [3.05, 3.63) is 61.7 Å². The van der Waals surface area contributed by atoms with E-state index in [1.807, 2.05) is 34.7 Å². The smallest absolute Gasteiger partial charge is 0.312 e. The minimum Gasteiger partial charge on any atom is -0.450 e. The highest BCUT2D eigenvalue weighted by molar-refractivity contribution is 14.1. The Morgan fingerprint density at radius 1 is 1.20 bits per heavy atom. The fourth-order valence-electron chi connectivity index (χ4n) is 1.70. The molecule has 0 aliphatic carbocycles. The van der Waals surface area contributed by atoms with Crippen LogP contribution in [-0.2, 0) is 6.42 Å². The highest BCUT2D eigenvalue weighted by atomic mass is 127. The quantitative estimate of drug-likeness (QED) is 0.486. The van der Waals surface area contributed by atoms with E-state index in [1.165, 1.54) is 6.07 Å². The number of nitrogens with zero attached hydrogens (tertiary/aromatic N) is 1. The summed E-state index contributed by atoms with van der Waals surface area (Å²) in [5, 5.41) is 19.8. The van der Waals surface area contributed by atoms with Gasteiger partial charge in [0.1, 0.15) is 5.75 Å². The molecule has 2 aromatic carbocycles. The van der Waals surface area contributed by atoms with Gasteiger partial charge in [-0.25, -0.2) is 0 Å². The van der Waals surface area contributed by atoms with Crippen LogP contribution in [0.25, 0.3) is 0 Å². The van der Waals surface area contributed by atoms with Crippen molar-refractivity contribution in [3.8, 4) is 11.5 Å². The third-order valence-electron chi connectivity index (χ3n) is 2.67. The van der Waals surface area contributed by atoms with Gasteiger partial charge < -0.3 is 9.84 Å². The standard InChI is InChI=1S/C14H12INO4/c15-11-3-6-14(13(9-11)16(18)19)20-12-4-1-10(2-5-12)7-8-17/h1-6,9,17H,7-8H2. The molecule has 0 saturated heterocycles. The van der Waals surface area contributed by atoms with Crippen LogP contribution in [-0.4, -0.2) is 16.6 Å².